The van der Waals surface area contributed by atoms with Crippen LogP contribution >= 0.6 is 36.6 Å². The summed E-state index contributed by atoms with van der Waals surface area (Å²) in [7, 11) is 3.95. The Morgan fingerprint density at radius 2 is 1.78 bits per heavy atom. The lowest BCUT2D eigenvalue weighted by atomic mass is 9.87. The van der Waals surface area contributed by atoms with Gasteiger partial charge in [-0.1, -0.05) is 56.8 Å². The number of benzene rings is 1. The number of anilines is 1. The van der Waals surface area contributed by atoms with Crippen molar-refractivity contribution in [2.24, 2.45) is 18.2 Å². The molecule has 0 aliphatic rings. The fourth-order valence-electron chi connectivity index (χ4n) is 3.54. The number of hydrogen-bond donors (Lipinski definition) is 2. The minimum atomic E-state index is 0. The SMILES string of the molecule is CNc1c(CC(C)(C)C)nc(C)c(CSc2nncn2C)c1-c1ccc(CN)cc1.Cl.Cl. The number of nitrogens with two attached hydrogens (primary N) is 1. The second-order valence-corrected chi connectivity index (χ2v) is 9.72. The molecule has 9 heteroatoms. The monoisotopic (exact) mass is 496 g/mol. The molecule has 0 fully saturated rings. The third-order valence-electron chi connectivity index (χ3n) is 5.02. The number of rotatable bonds is 7. The fraction of sp³-hybridized carbons (Fsp3) is 0.435. The van der Waals surface area contributed by atoms with Gasteiger partial charge in [0.2, 0.25) is 0 Å². The van der Waals surface area contributed by atoms with Gasteiger partial charge in [-0.15, -0.1) is 35.0 Å². The molecule has 0 atom stereocenters. The highest BCUT2D eigenvalue weighted by atomic mass is 35.5. The Hall–Kier alpha value is -1.80. The van der Waals surface area contributed by atoms with E-state index in [2.05, 4.69) is 67.5 Å². The summed E-state index contributed by atoms with van der Waals surface area (Å²) in [5.41, 5.74) is 13.9. The molecule has 0 radical (unpaired) electrons. The predicted molar refractivity (Wildman–Crippen MR) is 140 cm³/mol. The van der Waals surface area contributed by atoms with Crippen molar-refractivity contribution in [2.75, 3.05) is 12.4 Å². The van der Waals surface area contributed by atoms with Gasteiger partial charge in [-0.2, -0.15) is 0 Å². The van der Waals surface area contributed by atoms with Gasteiger partial charge in [0.05, 0.1) is 11.4 Å². The molecule has 3 aromatic rings. The van der Waals surface area contributed by atoms with Gasteiger partial charge in [0, 0.05) is 37.7 Å². The molecular formula is C23H34Cl2N6S. The lowest BCUT2D eigenvalue weighted by molar-refractivity contribution is 0.406. The van der Waals surface area contributed by atoms with Gasteiger partial charge in [-0.05, 0) is 35.4 Å². The van der Waals surface area contributed by atoms with E-state index >= 15 is 0 Å². The topological polar surface area (TPSA) is 81.7 Å². The van der Waals surface area contributed by atoms with Gasteiger partial charge in [-0.3, -0.25) is 4.98 Å². The number of nitrogens with zero attached hydrogens (tertiary/aromatic N) is 4. The molecule has 0 bridgehead atoms. The Kier molecular flexibility index (Phi) is 10.5. The molecule has 3 rings (SSSR count). The van der Waals surface area contributed by atoms with E-state index in [1.165, 1.54) is 16.7 Å². The van der Waals surface area contributed by atoms with Crippen LogP contribution in [0.3, 0.4) is 0 Å². The largest absolute Gasteiger partial charge is 0.386 e. The van der Waals surface area contributed by atoms with Gasteiger partial charge in [-0.25, -0.2) is 0 Å². The lowest BCUT2D eigenvalue weighted by Crippen LogP contribution is -2.15. The predicted octanol–water partition coefficient (Wildman–Crippen LogP) is 5.41. The van der Waals surface area contributed by atoms with Crippen LogP contribution in [0.25, 0.3) is 11.1 Å². The van der Waals surface area contributed by atoms with Crippen molar-refractivity contribution in [1.82, 2.24) is 19.7 Å². The quantitative estimate of drug-likeness (QED) is 0.425. The number of hydrogen-bond acceptors (Lipinski definition) is 6. The number of halogens is 2. The van der Waals surface area contributed by atoms with Crippen LogP contribution in [0.15, 0.2) is 35.7 Å². The second-order valence-electron chi connectivity index (χ2n) is 8.77. The van der Waals surface area contributed by atoms with Gasteiger partial charge in [0.1, 0.15) is 6.33 Å². The fourth-order valence-corrected chi connectivity index (χ4v) is 4.53. The normalized spacial score (nSPS) is 11.0. The molecule has 176 valence electrons. The van der Waals surface area contributed by atoms with E-state index in [9.17, 15) is 0 Å². The van der Waals surface area contributed by atoms with E-state index in [0.29, 0.717) is 6.54 Å². The molecule has 0 saturated carbocycles. The highest BCUT2D eigenvalue weighted by Crippen LogP contribution is 2.39. The van der Waals surface area contributed by atoms with Crippen molar-refractivity contribution in [3.8, 4) is 11.1 Å². The molecule has 1 aromatic carbocycles. The van der Waals surface area contributed by atoms with Crippen LogP contribution in [-0.4, -0.2) is 26.8 Å². The zero-order valence-corrected chi connectivity index (χ0v) is 22.0. The van der Waals surface area contributed by atoms with Crippen molar-refractivity contribution in [2.45, 2.75) is 51.6 Å². The zero-order chi connectivity index (χ0) is 21.9. The number of aromatic nitrogens is 4. The van der Waals surface area contributed by atoms with Crippen LogP contribution in [-0.2, 0) is 25.8 Å². The number of thioether (sulfide) groups is 1. The van der Waals surface area contributed by atoms with Gasteiger partial charge in [0.25, 0.3) is 0 Å². The van der Waals surface area contributed by atoms with E-state index in [1.54, 1.807) is 18.1 Å². The Balaban J connectivity index is 0.00000256. The molecule has 0 spiro atoms. The molecule has 2 heterocycles. The first-order valence-corrected chi connectivity index (χ1v) is 11.2. The van der Waals surface area contributed by atoms with Crippen LogP contribution in [0.2, 0.25) is 0 Å². The maximum absolute atomic E-state index is 5.82. The summed E-state index contributed by atoms with van der Waals surface area (Å²) in [6.07, 6.45) is 2.62. The average Bonchev–Trinajstić information content (AvgIpc) is 3.10. The van der Waals surface area contributed by atoms with Crippen molar-refractivity contribution in [1.29, 1.82) is 0 Å². The van der Waals surface area contributed by atoms with Crippen LogP contribution in [0.1, 0.15) is 43.3 Å². The number of nitrogens with one attached hydrogen (secondary N) is 1. The number of pyridine rings is 1. The third kappa shape index (κ3) is 6.61. The Morgan fingerprint density at radius 3 is 2.28 bits per heavy atom. The Bertz CT molecular complexity index is 1010. The van der Waals surface area contributed by atoms with Crippen LogP contribution in [0.4, 0.5) is 5.69 Å². The van der Waals surface area contributed by atoms with Crippen LogP contribution < -0.4 is 11.1 Å². The minimum Gasteiger partial charge on any atom is -0.386 e. The smallest absolute Gasteiger partial charge is 0.191 e. The molecular weight excluding hydrogens is 463 g/mol. The lowest BCUT2D eigenvalue weighted by Gasteiger charge is -2.24. The molecule has 6 nitrogen and oxygen atoms in total. The van der Waals surface area contributed by atoms with E-state index in [4.69, 9.17) is 10.7 Å². The third-order valence-corrected chi connectivity index (χ3v) is 6.08. The first-order chi connectivity index (χ1) is 14.2. The van der Waals surface area contributed by atoms with Gasteiger partial charge >= 0.3 is 0 Å². The van der Waals surface area contributed by atoms with E-state index in [-0.39, 0.29) is 30.2 Å². The summed E-state index contributed by atoms with van der Waals surface area (Å²) in [4.78, 5) is 5.03. The summed E-state index contributed by atoms with van der Waals surface area (Å²) >= 11 is 1.68. The summed E-state index contributed by atoms with van der Waals surface area (Å²) in [6, 6.07) is 8.53. The first kappa shape index (κ1) is 28.2. The van der Waals surface area contributed by atoms with Crippen LogP contribution in [0, 0.1) is 12.3 Å². The average molecular weight is 498 g/mol. The minimum absolute atomic E-state index is 0. The van der Waals surface area contributed by atoms with Gasteiger partial charge in [0.15, 0.2) is 5.16 Å². The number of aryl methyl sites for hydroxylation is 2. The highest BCUT2D eigenvalue weighted by molar-refractivity contribution is 7.98. The maximum Gasteiger partial charge on any atom is 0.191 e. The molecule has 32 heavy (non-hydrogen) atoms. The summed E-state index contributed by atoms with van der Waals surface area (Å²) in [5.74, 6) is 0.768. The maximum atomic E-state index is 5.82. The molecule has 3 N–H and O–H groups in total. The second kappa shape index (κ2) is 11.9. The Labute approximate surface area is 208 Å². The van der Waals surface area contributed by atoms with Crippen molar-refractivity contribution in [3.63, 3.8) is 0 Å². The van der Waals surface area contributed by atoms with E-state index in [1.807, 2.05) is 18.7 Å². The molecule has 0 aliphatic heterocycles. The summed E-state index contributed by atoms with van der Waals surface area (Å²) < 4.78 is 1.94. The van der Waals surface area contributed by atoms with Crippen molar-refractivity contribution in [3.05, 3.63) is 53.1 Å². The molecule has 0 aliphatic carbocycles. The molecule has 0 amide bonds. The van der Waals surface area contributed by atoms with Crippen molar-refractivity contribution >= 4 is 42.3 Å². The van der Waals surface area contributed by atoms with E-state index < -0.39 is 0 Å². The van der Waals surface area contributed by atoms with Gasteiger partial charge < -0.3 is 15.6 Å². The first-order valence-electron chi connectivity index (χ1n) is 10.2. The highest BCUT2D eigenvalue weighted by Gasteiger charge is 2.22. The van der Waals surface area contributed by atoms with E-state index in [0.717, 1.165) is 40.0 Å². The summed E-state index contributed by atoms with van der Waals surface area (Å²) in [5, 5.41) is 12.6. The molecule has 2 aromatic heterocycles. The van der Waals surface area contributed by atoms with Crippen molar-refractivity contribution < 1.29 is 0 Å². The zero-order valence-electron chi connectivity index (χ0n) is 19.6. The summed E-state index contributed by atoms with van der Waals surface area (Å²) in [6.45, 7) is 9.39. The Morgan fingerprint density at radius 1 is 1.12 bits per heavy atom. The molecule has 0 saturated heterocycles. The standard InChI is InChI=1S/C23H32N6S.2ClH/c1-15-18(13-30-22-28-26-14-29(22)6)20(17-9-7-16(12-24)8-10-17)21(25-5)19(27-15)11-23(2,3)4;;/h7-10,14,25H,11-13,24H2,1-6H3;2*1H. The van der Waals surface area contributed by atoms with Crippen LogP contribution in [0.5, 0.6) is 0 Å². The molecule has 0 unspecified atom stereocenters.